The number of nitrogens with zero attached hydrogens (tertiary/aromatic N) is 2. The van der Waals surface area contributed by atoms with E-state index < -0.39 is 12.1 Å². The maximum Gasteiger partial charge on any atom is 0.318 e. The molecule has 1 heterocycles. The average molecular weight is 366 g/mol. The average Bonchev–Trinajstić information content (AvgIpc) is 2.65. The summed E-state index contributed by atoms with van der Waals surface area (Å²) in [4.78, 5) is 28.3. The highest BCUT2D eigenvalue weighted by Gasteiger charge is 2.31. The minimum atomic E-state index is -0.824. The third-order valence-corrected chi connectivity index (χ3v) is 5.21. The van der Waals surface area contributed by atoms with Gasteiger partial charge in [0, 0.05) is 31.9 Å². The Balaban J connectivity index is 1.77. The molecule has 0 saturated carbocycles. The van der Waals surface area contributed by atoms with Gasteiger partial charge in [0.1, 0.15) is 6.04 Å². The summed E-state index contributed by atoms with van der Waals surface area (Å²) in [7, 11) is 0. The summed E-state index contributed by atoms with van der Waals surface area (Å²) in [6.07, 6.45) is 0. The van der Waals surface area contributed by atoms with Crippen LogP contribution in [0.25, 0.3) is 0 Å². The summed E-state index contributed by atoms with van der Waals surface area (Å²) in [6.45, 7) is 7.34. The van der Waals surface area contributed by atoms with Crippen molar-refractivity contribution >= 4 is 17.6 Å². The van der Waals surface area contributed by atoms with Crippen LogP contribution in [0.4, 0.5) is 10.5 Å². The first-order valence-electron chi connectivity index (χ1n) is 9.18. The Morgan fingerprint density at radius 2 is 1.63 bits per heavy atom. The minimum Gasteiger partial charge on any atom is -0.369 e. The number of primary amides is 1. The first kappa shape index (κ1) is 18.9. The number of urea groups is 1. The summed E-state index contributed by atoms with van der Waals surface area (Å²) in [5.74, 6) is -0.381. The lowest BCUT2D eigenvalue weighted by atomic mass is 10.0. The number of amides is 3. The van der Waals surface area contributed by atoms with Gasteiger partial charge in [-0.1, -0.05) is 42.5 Å². The molecule has 142 valence electrons. The number of carbonyl (C=O) groups excluding carboxylic acids is 2. The molecule has 2 aromatic rings. The molecule has 1 aliphatic rings. The molecule has 1 aliphatic heterocycles. The zero-order valence-electron chi connectivity index (χ0n) is 15.8. The van der Waals surface area contributed by atoms with Crippen LogP contribution in [0.3, 0.4) is 0 Å². The van der Waals surface area contributed by atoms with Crippen LogP contribution in [-0.4, -0.2) is 43.0 Å². The van der Waals surface area contributed by atoms with Gasteiger partial charge in [0.25, 0.3) is 0 Å². The number of imide groups is 1. The largest absolute Gasteiger partial charge is 0.369 e. The molecule has 0 spiro atoms. The number of piperazine rings is 1. The van der Waals surface area contributed by atoms with E-state index in [1.54, 1.807) is 0 Å². The molecular formula is C21H26N4O2. The molecule has 0 aromatic heterocycles. The van der Waals surface area contributed by atoms with Crippen LogP contribution in [0.15, 0.2) is 48.5 Å². The van der Waals surface area contributed by atoms with Gasteiger partial charge in [-0.3, -0.25) is 15.0 Å². The van der Waals surface area contributed by atoms with Gasteiger partial charge in [0.2, 0.25) is 5.91 Å². The Kier molecular flexibility index (Phi) is 5.76. The Morgan fingerprint density at radius 3 is 2.26 bits per heavy atom. The van der Waals surface area contributed by atoms with Crippen molar-refractivity contribution < 1.29 is 9.59 Å². The number of carbonyl (C=O) groups is 2. The van der Waals surface area contributed by atoms with Crippen LogP contribution in [0.1, 0.15) is 22.7 Å². The Hall–Kier alpha value is -2.86. The number of nitrogens with two attached hydrogens (primary N) is 1. The molecule has 2 aromatic carbocycles. The van der Waals surface area contributed by atoms with Crippen LogP contribution in [-0.2, 0) is 4.79 Å². The monoisotopic (exact) mass is 366 g/mol. The van der Waals surface area contributed by atoms with Crippen molar-refractivity contribution in [2.24, 2.45) is 5.73 Å². The molecule has 1 saturated heterocycles. The number of hydrogen-bond acceptors (Lipinski definition) is 4. The summed E-state index contributed by atoms with van der Waals surface area (Å²) in [5.41, 5.74) is 9.84. The molecule has 1 fully saturated rings. The maximum atomic E-state index is 12.6. The predicted molar refractivity (Wildman–Crippen MR) is 107 cm³/mol. The summed E-state index contributed by atoms with van der Waals surface area (Å²) in [5, 5.41) is 2.24. The second-order valence-electron chi connectivity index (χ2n) is 6.91. The third kappa shape index (κ3) is 4.28. The van der Waals surface area contributed by atoms with Crippen LogP contribution in [0.2, 0.25) is 0 Å². The van der Waals surface area contributed by atoms with Gasteiger partial charge < -0.3 is 10.6 Å². The molecule has 3 rings (SSSR count). The molecular weight excluding hydrogens is 340 g/mol. The molecule has 3 amide bonds. The van der Waals surface area contributed by atoms with Crippen molar-refractivity contribution in [1.29, 1.82) is 0 Å². The minimum absolute atomic E-state index is 0.381. The van der Waals surface area contributed by atoms with E-state index in [-0.39, 0.29) is 5.91 Å². The number of benzene rings is 2. The van der Waals surface area contributed by atoms with Crippen LogP contribution in [0.5, 0.6) is 0 Å². The summed E-state index contributed by atoms with van der Waals surface area (Å²) >= 11 is 0. The molecule has 1 unspecified atom stereocenters. The van der Waals surface area contributed by atoms with Crippen molar-refractivity contribution in [3.05, 3.63) is 65.2 Å². The molecule has 3 N–H and O–H groups in total. The molecule has 6 heteroatoms. The number of rotatable bonds is 4. The highest BCUT2D eigenvalue weighted by Crippen LogP contribution is 2.27. The SMILES string of the molecule is Cc1cccc(N2CCN(C(C(=O)NC(N)=O)c3ccccc3)CC2)c1C. The number of anilines is 1. The molecule has 0 bridgehead atoms. The van der Waals surface area contributed by atoms with Gasteiger partial charge in [-0.25, -0.2) is 4.79 Å². The quantitative estimate of drug-likeness (QED) is 0.871. The smallest absolute Gasteiger partial charge is 0.318 e. The van der Waals surface area contributed by atoms with Gasteiger partial charge in [0.05, 0.1) is 0 Å². The summed E-state index contributed by atoms with van der Waals surface area (Å²) in [6, 6.07) is 14.5. The highest BCUT2D eigenvalue weighted by atomic mass is 16.2. The van der Waals surface area contributed by atoms with E-state index in [0.717, 1.165) is 31.7 Å². The van der Waals surface area contributed by atoms with Crippen LogP contribution in [0, 0.1) is 13.8 Å². The number of hydrogen-bond donors (Lipinski definition) is 2. The Bertz CT molecular complexity index is 814. The molecule has 1 atom stereocenters. The number of nitrogens with one attached hydrogen (secondary N) is 1. The maximum absolute atomic E-state index is 12.6. The molecule has 0 radical (unpaired) electrons. The summed E-state index contributed by atoms with van der Waals surface area (Å²) < 4.78 is 0. The van der Waals surface area contributed by atoms with Crippen molar-refractivity contribution in [2.45, 2.75) is 19.9 Å². The van der Waals surface area contributed by atoms with Crippen molar-refractivity contribution in [3.63, 3.8) is 0 Å². The van der Waals surface area contributed by atoms with E-state index in [2.05, 4.69) is 47.2 Å². The fraction of sp³-hybridized carbons (Fsp3) is 0.333. The highest BCUT2D eigenvalue weighted by molar-refractivity contribution is 5.96. The lowest BCUT2D eigenvalue weighted by molar-refractivity contribution is -0.125. The lowest BCUT2D eigenvalue weighted by Gasteiger charge is -2.40. The van der Waals surface area contributed by atoms with Crippen molar-refractivity contribution in [2.75, 3.05) is 31.1 Å². The second kappa shape index (κ2) is 8.22. The van der Waals surface area contributed by atoms with Crippen LogP contribution >= 0.6 is 0 Å². The Morgan fingerprint density at radius 1 is 0.963 bits per heavy atom. The van der Waals surface area contributed by atoms with Gasteiger partial charge in [0.15, 0.2) is 0 Å². The molecule has 27 heavy (non-hydrogen) atoms. The zero-order valence-corrected chi connectivity index (χ0v) is 15.8. The van der Waals surface area contributed by atoms with E-state index in [1.165, 1.54) is 16.8 Å². The molecule has 0 aliphatic carbocycles. The predicted octanol–water partition coefficient (Wildman–Crippen LogP) is 2.36. The van der Waals surface area contributed by atoms with Crippen molar-refractivity contribution in [3.8, 4) is 0 Å². The van der Waals surface area contributed by atoms with Gasteiger partial charge >= 0.3 is 6.03 Å². The number of aryl methyl sites for hydroxylation is 1. The fourth-order valence-corrected chi connectivity index (χ4v) is 3.65. The van der Waals surface area contributed by atoms with Gasteiger partial charge in [-0.05, 0) is 36.6 Å². The Labute approximate surface area is 159 Å². The van der Waals surface area contributed by atoms with E-state index in [0.29, 0.717) is 0 Å². The molecule has 6 nitrogen and oxygen atoms in total. The van der Waals surface area contributed by atoms with E-state index >= 15 is 0 Å². The van der Waals surface area contributed by atoms with Crippen LogP contribution < -0.4 is 16.0 Å². The van der Waals surface area contributed by atoms with E-state index in [4.69, 9.17) is 5.73 Å². The lowest BCUT2D eigenvalue weighted by Crippen LogP contribution is -2.52. The first-order valence-corrected chi connectivity index (χ1v) is 9.18. The van der Waals surface area contributed by atoms with E-state index in [9.17, 15) is 9.59 Å². The first-order chi connectivity index (χ1) is 13.0. The fourth-order valence-electron chi connectivity index (χ4n) is 3.65. The van der Waals surface area contributed by atoms with Gasteiger partial charge in [-0.2, -0.15) is 0 Å². The normalized spacial score (nSPS) is 16.0. The third-order valence-electron chi connectivity index (χ3n) is 5.21. The van der Waals surface area contributed by atoms with Crippen molar-refractivity contribution in [1.82, 2.24) is 10.2 Å². The van der Waals surface area contributed by atoms with Gasteiger partial charge in [-0.15, -0.1) is 0 Å². The topological polar surface area (TPSA) is 78.7 Å². The van der Waals surface area contributed by atoms with E-state index in [1.807, 2.05) is 30.3 Å². The second-order valence-corrected chi connectivity index (χ2v) is 6.91. The zero-order chi connectivity index (χ0) is 19.4. The standard InChI is InChI=1S/C21H26N4O2/c1-15-7-6-10-18(16(15)2)24-11-13-25(14-12-24)19(20(26)23-21(22)27)17-8-4-3-5-9-17/h3-10,19H,11-14H2,1-2H3,(H3,22,23,26,27).